The van der Waals surface area contributed by atoms with Crippen molar-refractivity contribution in [3.63, 3.8) is 0 Å². The lowest BCUT2D eigenvalue weighted by Gasteiger charge is -2.33. The molecule has 0 bridgehead atoms. The molecular formula is C21H32. The molecule has 0 aliphatic rings. The monoisotopic (exact) mass is 284 g/mol. The minimum atomic E-state index is 0.438. The highest BCUT2D eigenvalue weighted by molar-refractivity contribution is 5.68. The zero-order valence-corrected chi connectivity index (χ0v) is 14.5. The van der Waals surface area contributed by atoms with Gasteiger partial charge >= 0.3 is 0 Å². The van der Waals surface area contributed by atoms with E-state index >= 15 is 0 Å². The summed E-state index contributed by atoms with van der Waals surface area (Å²) in [6.45, 7) is 17.4. The highest BCUT2D eigenvalue weighted by atomic mass is 14.3. The van der Waals surface area contributed by atoms with Crippen LogP contribution >= 0.6 is 0 Å². The molecule has 0 spiro atoms. The maximum atomic E-state index is 4.37. The SMILES string of the molecule is C=C(C)c1ccc(C(=C)CC(CC)(CCC)CCC)cc1. The number of hydrogen-bond donors (Lipinski definition) is 0. The van der Waals surface area contributed by atoms with Crippen molar-refractivity contribution in [3.8, 4) is 0 Å². The van der Waals surface area contributed by atoms with Crippen LogP contribution in [0.15, 0.2) is 37.4 Å². The zero-order chi connectivity index (χ0) is 15.9. The summed E-state index contributed by atoms with van der Waals surface area (Å²) >= 11 is 0. The van der Waals surface area contributed by atoms with Crippen molar-refractivity contribution >= 4 is 11.1 Å². The maximum absolute atomic E-state index is 4.37. The molecular weight excluding hydrogens is 252 g/mol. The van der Waals surface area contributed by atoms with Crippen LogP contribution in [0.1, 0.15) is 77.3 Å². The summed E-state index contributed by atoms with van der Waals surface area (Å²) in [7, 11) is 0. The van der Waals surface area contributed by atoms with E-state index in [0.717, 1.165) is 12.0 Å². The molecule has 0 saturated carbocycles. The maximum Gasteiger partial charge on any atom is -0.0222 e. The Bertz CT molecular complexity index is 455. The lowest BCUT2D eigenvalue weighted by atomic mass is 9.72. The highest BCUT2D eigenvalue weighted by Gasteiger charge is 2.27. The highest BCUT2D eigenvalue weighted by Crippen LogP contribution is 2.41. The molecule has 0 fully saturated rings. The van der Waals surface area contributed by atoms with Gasteiger partial charge in [-0.15, -0.1) is 0 Å². The molecule has 0 heteroatoms. The Morgan fingerprint density at radius 3 is 1.76 bits per heavy atom. The average Bonchev–Trinajstić information content (AvgIpc) is 2.47. The second-order valence-electron chi connectivity index (χ2n) is 6.49. The van der Waals surface area contributed by atoms with Gasteiger partial charge < -0.3 is 0 Å². The van der Waals surface area contributed by atoms with Crippen LogP contribution in [0.3, 0.4) is 0 Å². The molecule has 0 aliphatic heterocycles. The molecule has 0 aromatic heterocycles. The molecule has 0 unspecified atom stereocenters. The van der Waals surface area contributed by atoms with Crippen LogP contribution in [-0.4, -0.2) is 0 Å². The summed E-state index contributed by atoms with van der Waals surface area (Å²) in [5.41, 5.74) is 5.34. The largest absolute Gasteiger partial charge is 0.0955 e. The van der Waals surface area contributed by atoms with Crippen LogP contribution in [0.4, 0.5) is 0 Å². The molecule has 0 saturated heterocycles. The van der Waals surface area contributed by atoms with Gasteiger partial charge in [0, 0.05) is 0 Å². The molecule has 21 heavy (non-hydrogen) atoms. The Morgan fingerprint density at radius 1 is 0.905 bits per heavy atom. The van der Waals surface area contributed by atoms with E-state index in [0.29, 0.717) is 5.41 Å². The Kier molecular flexibility index (Phi) is 6.95. The molecule has 1 aromatic carbocycles. The molecule has 0 nitrogen and oxygen atoms in total. The fourth-order valence-corrected chi connectivity index (χ4v) is 3.39. The Balaban J connectivity index is 2.88. The first-order valence-corrected chi connectivity index (χ1v) is 8.42. The second kappa shape index (κ2) is 8.22. The normalized spacial score (nSPS) is 11.4. The molecule has 0 heterocycles. The number of allylic oxidation sites excluding steroid dienone is 2. The standard InChI is InChI=1S/C21H32/c1-7-14-21(9-3,15-8-2)16-18(6)20-12-10-19(11-13-20)17(4)5/h10-13H,4,6-9,14-16H2,1-3,5H3. The first-order valence-electron chi connectivity index (χ1n) is 8.42. The minimum Gasteiger partial charge on any atom is -0.0955 e. The van der Waals surface area contributed by atoms with Gasteiger partial charge in [-0.2, -0.15) is 0 Å². The van der Waals surface area contributed by atoms with Gasteiger partial charge in [-0.3, -0.25) is 0 Å². The summed E-state index contributed by atoms with van der Waals surface area (Å²) < 4.78 is 0. The fraction of sp³-hybridized carbons (Fsp3) is 0.524. The smallest absolute Gasteiger partial charge is 0.0222 e. The van der Waals surface area contributed by atoms with Gasteiger partial charge in [0.15, 0.2) is 0 Å². The van der Waals surface area contributed by atoms with Gasteiger partial charge in [0.25, 0.3) is 0 Å². The van der Waals surface area contributed by atoms with Crippen molar-refractivity contribution < 1.29 is 0 Å². The summed E-state index contributed by atoms with van der Waals surface area (Å²) in [5.74, 6) is 0. The third kappa shape index (κ3) is 4.88. The van der Waals surface area contributed by atoms with Crippen LogP contribution < -0.4 is 0 Å². The average molecular weight is 284 g/mol. The quantitative estimate of drug-likeness (QED) is 0.453. The van der Waals surface area contributed by atoms with Crippen molar-refractivity contribution in [1.29, 1.82) is 0 Å². The number of benzene rings is 1. The molecule has 0 amide bonds. The van der Waals surface area contributed by atoms with Crippen molar-refractivity contribution in [2.45, 2.75) is 66.2 Å². The van der Waals surface area contributed by atoms with Crippen molar-refractivity contribution in [1.82, 2.24) is 0 Å². The summed E-state index contributed by atoms with van der Waals surface area (Å²) in [4.78, 5) is 0. The molecule has 0 aliphatic carbocycles. The van der Waals surface area contributed by atoms with E-state index in [1.54, 1.807) is 0 Å². The molecule has 1 rings (SSSR count). The molecule has 116 valence electrons. The van der Waals surface area contributed by atoms with E-state index in [1.165, 1.54) is 48.8 Å². The molecule has 0 atom stereocenters. The van der Waals surface area contributed by atoms with Crippen LogP contribution in [0.25, 0.3) is 11.1 Å². The summed E-state index contributed by atoms with van der Waals surface area (Å²) in [5, 5.41) is 0. The molecule has 0 radical (unpaired) electrons. The predicted octanol–water partition coefficient (Wildman–Crippen LogP) is 7.12. The van der Waals surface area contributed by atoms with Crippen LogP contribution in [0.2, 0.25) is 0 Å². The number of hydrogen-bond acceptors (Lipinski definition) is 0. The molecule has 1 aromatic rings. The molecule has 0 N–H and O–H groups in total. The van der Waals surface area contributed by atoms with Crippen LogP contribution in [0, 0.1) is 5.41 Å². The Morgan fingerprint density at radius 2 is 1.38 bits per heavy atom. The van der Waals surface area contributed by atoms with Gasteiger partial charge in [-0.25, -0.2) is 0 Å². The Labute approximate surface area is 132 Å². The minimum absolute atomic E-state index is 0.438. The van der Waals surface area contributed by atoms with E-state index in [4.69, 9.17) is 0 Å². The van der Waals surface area contributed by atoms with Gasteiger partial charge in [-0.05, 0) is 48.3 Å². The lowest BCUT2D eigenvalue weighted by molar-refractivity contribution is 0.231. The predicted molar refractivity (Wildman–Crippen MR) is 97.3 cm³/mol. The first-order chi connectivity index (χ1) is 9.98. The van der Waals surface area contributed by atoms with E-state index in [-0.39, 0.29) is 0 Å². The van der Waals surface area contributed by atoms with Crippen molar-refractivity contribution in [2.24, 2.45) is 5.41 Å². The fourth-order valence-electron chi connectivity index (χ4n) is 3.39. The van der Waals surface area contributed by atoms with Crippen LogP contribution in [0.5, 0.6) is 0 Å². The van der Waals surface area contributed by atoms with Crippen LogP contribution in [-0.2, 0) is 0 Å². The van der Waals surface area contributed by atoms with Gasteiger partial charge in [0.05, 0.1) is 0 Å². The summed E-state index contributed by atoms with van der Waals surface area (Å²) in [6, 6.07) is 8.72. The van der Waals surface area contributed by atoms with E-state index in [1.807, 2.05) is 0 Å². The Hall–Kier alpha value is -1.30. The van der Waals surface area contributed by atoms with Gasteiger partial charge in [0.1, 0.15) is 0 Å². The summed E-state index contributed by atoms with van der Waals surface area (Å²) in [6.07, 6.45) is 7.50. The van der Waals surface area contributed by atoms with E-state index in [2.05, 4.69) is 65.1 Å². The topological polar surface area (TPSA) is 0 Å². The third-order valence-corrected chi connectivity index (χ3v) is 4.68. The van der Waals surface area contributed by atoms with E-state index < -0.39 is 0 Å². The van der Waals surface area contributed by atoms with Gasteiger partial charge in [-0.1, -0.05) is 83.0 Å². The van der Waals surface area contributed by atoms with E-state index in [9.17, 15) is 0 Å². The lowest BCUT2D eigenvalue weighted by Crippen LogP contribution is -2.20. The number of rotatable bonds is 9. The van der Waals surface area contributed by atoms with Gasteiger partial charge in [0.2, 0.25) is 0 Å². The third-order valence-electron chi connectivity index (χ3n) is 4.68. The van der Waals surface area contributed by atoms with Crippen molar-refractivity contribution in [3.05, 3.63) is 48.6 Å². The zero-order valence-electron chi connectivity index (χ0n) is 14.5. The van der Waals surface area contributed by atoms with Crippen molar-refractivity contribution in [2.75, 3.05) is 0 Å². The second-order valence-corrected chi connectivity index (χ2v) is 6.49. The first kappa shape index (κ1) is 17.8.